The van der Waals surface area contributed by atoms with Crippen molar-refractivity contribution in [1.29, 1.82) is 0 Å². The quantitative estimate of drug-likeness (QED) is 0.153. The number of aryl methyl sites for hydroxylation is 2. The van der Waals surface area contributed by atoms with E-state index in [9.17, 15) is 0 Å². The van der Waals surface area contributed by atoms with Crippen LogP contribution in [0.3, 0.4) is 0 Å². The van der Waals surface area contributed by atoms with Gasteiger partial charge in [0.25, 0.3) is 0 Å². The fraction of sp³-hybridized carbons (Fsp3) is 0.111. The maximum atomic E-state index is 4.37. The first-order valence-corrected chi connectivity index (χ1v) is 15.8. The van der Waals surface area contributed by atoms with Gasteiger partial charge in [-0.05, 0) is 108 Å². The van der Waals surface area contributed by atoms with Gasteiger partial charge in [-0.3, -0.25) is 0 Å². The van der Waals surface area contributed by atoms with Gasteiger partial charge >= 0.3 is 0 Å². The van der Waals surface area contributed by atoms with E-state index in [-0.39, 0.29) is 5.41 Å². The molecule has 0 aliphatic heterocycles. The molecule has 5 aromatic rings. The fourth-order valence-corrected chi connectivity index (χ4v) is 7.31. The van der Waals surface area contributed by atoms with E-state index < -0.39 is 0 Å². The molecule has 0 N–H and O–H groups in total. The highest BCUT2D eigenvalue weighted by Gasteiger charge is 2.43. The van der Waals surface area contributed by atoms with Gasteiger partial charge in [-0.2, -0.15) is 0 Å². The summed E-state index contributed by atoms with van der Waals surface area (Å²) in [7, 11) is 0. The summed E-state index contributed by atoms with van der Waals surface area (Å²) in [5.74, 6) is 0. The zero-order chi connectivity index (χ0) is 32.6. The van der Waals surface area contributed by atoms with E-state index in [0.29, 0.717) is 0 Å². The lowest BCUT2D eigenvalue weighted by Crippen LogP contribution is -2.24. The van der Waals surface area contributed by atoms with Crippen LogP contribution < -0.4 is 4.90 Å². The number of nitrogens with zero attached hydrogens (tertiary/aromatic N) is 1. The lowest BCUT2D eigenvalue weighted by molar-refractivity contribution is 0.713. The van der Waals surface area contributed by atoms with Gasteiger partial charge in [0.15, 0.2) is 0 Å². The first-order valence-electron chi connectivity index (χ1n) is 15.8. The van der Waals surface area contributed by atoms with Crippen molar-refractivity contribution < 1.29 is 0 Å². The molecule has 0 saturated carbocycles. The molecule has 1 aliphatic carbocycles. The van der Waals surface area contributed by atoms with Crippen LogP contribution in [0.2, 0.25) is 0 Å². The van der Waals surface area contributed by atoms with Gasteiger partial charge in [0.05, 0.1) is 5.69 Å². The van der Waals surface area contributed by atoms with E-state index in [1.165, 1.54) is 55.6 Å². The molecule has 46 heavy (non-hydrogen) atoms. The molecular formula is C45H41N. The van der Waals surface area contributed by atoms with Gasteiger partial charge in [0.1, 0.15) is 0 Å². The second-order valence-corrected chi connectivity index (χ2v) is 12.2. The fourth-order valence-electron chi connectivity index (χ4n) is 7.31. The van der Waals surface area contributed by atoms with Crippen LogP contribution in [0.5, 0.6) is 0 Å². The van der Waals surface area contributed by atoms with E-state index in [1.807, 2.05) is 30.4 Å². The Labute approximate surface area is 274 Å². The molecule has 1 unspecified atom stereocenters. The molecule has 0 heterocycles. The molecule has 0 fully saturated rings. The Kier molecular flexibility index (Phi) is 8.11. The van der Waals surface area contributed by atoms with Crippen LogP contribution in [-0.2, 0) is 5.41 Å². The predicted octanol–water partition coefficient (Wildman–Crippen LogP) is 12.3. The normalized spacial score (nSPS) is 15.1. The first kappa shape index (κ1) is 30.6. The molecule has 6 rings (SSSR count). The average molecular weight is 596 g/mol. The third-order valence-electron chi connectivity index (χ3n) is 9.65. The van der Waals surface area contributed by atoms with E-state index in [0.717, 1.165) is 28.2 Å². The summed E-state index contributed by atoms with van der Waals surface area (Å²) in [6, 6.07) is 35.2. The molecule has 0 amide bonds. The summed E-state index contributed by atoms with van der Waals surface area (Å²) in [6.45, 7) is 26.0. The number of hydrogen-bond acceptors (Lipinski definition) is 1. The minimum Gasteiger partial charge on any atom is -0.310 e. The molecule has 0 saturated heterocycles. The Hall–Kier alpha value is -5.40. The summed E-state index contributed by atoms with van der Waals surface area (Å²) in [5, 5.41) is 0. The van der Waals surface area contributed by atoms with E-state index >= 15 is 0 Å². The molecular weight excluding hydrogens is 555 g/mol. The van der Waals surface area contributed by atoms with Crippen LogP contribution in [0.4, 0.5) is 11.4 Å². The summed E-state index contributed by atoms with van der Waals surface area (Å²) in [5.41, 5.74) is 17.1. The van der Waals surface area contributed by atoms with Crippen molar-refractivity contribution in [2.45, 2.75) is 33.1 Å². The smallest absolute Gasteiger partial charge is 0.0543 e. The number of hydrogen-bond donors (Lipinski definition) is 0. The second-order valence-electron chi connectivity index (χ2n) is 12.2. The number of fused-ring (bicyclic) bond motifs is 3. The van der Waals surface area contributed by atoms with Crippen molar-refractivity contribution in [3.8, 4) is 22.3 Å². The number of anilines is 2. The molecule has 0 bridgehead atoms. The minimum absolute atomic E-state index is 0.385. The Balaban J connectivity index is 1.73. The molecule has 1 aliphatic rings. The van der Waals surface area contributed by atoms with Crippen LogP contribution in [-0.4, -0.2) is 0 Å². The third-order valence-corrected chi connectivity index (χ3v) is 9.65. The zero-order valence-corrected chi connectivity index (χ0v) is 27.4. The Morgan fingerprint density at radius 3 is 2.02 bits per heavy atom. The number of benzene rings is 5. The van der Waals surface area contributed by atoms with E-state index in [2.05, 4.69) is 156 Å². The lowest BCUT2D eigenvalue weighted by Gasteiger charge is -2.34. The van der Waals surface area contributed by atoms with Crippen molar-refractivity contribution in [1.82, 2.24) is 0 Å². The van der Waals surface area contributed by atoms with Crippen LogP contribution in [0.1, 0.15) is 51.4 Å². The highest BCUT2D eigenvalue weighted by Crippen LogP contribution is 2.57. The molecule has 0 radical (unpaired) electrons. The van der Waals surface area contributed by atoms with Gasteiger partial charge in [-0.25, -0.2) is 0 Å². The Morgan fingerprint density at radius 2 is 1.35 bits per heavy atom. The molecule has 5 aromatic carbocycles. The first-order chi connectivity index (χ1) is 22.3. The standard InChI is InChI=1S/C45H41N/c1-9-19-34(10-2)46(42-25-18-24-38(32(42)7)37-23-17-16-20-31(37)6)43-29-41-44(36(12-4)35(43)11-3)39-27-26-30(5)28-40(39)45(41,8)33-21-14-13-15-22-33/h9-29H,1-4H2,5-8H3/b34-19+. The molecule has 1 heteroatoms. The van der Waals surface area contributed by atoms with Gasteiger partial charge < -0.3 is 4.90 Å². The summed E-state index contributed by atoms with van der Waals surface area (Å²) in [4.78, 5) is 2.32. The largest absolute Gasteiger partial charge is 0.310 e. The Bertz CT molecular complexity index is 2060. The molecule has 1 nitrogen and oxygen atoms in total. The molecule has 0 spiro atoms. The highest BCUT2D eigenvalue weighted by atomic mass is 15.2. The van der Waals surface area contributed by atoms with E-state index in [1.54, 1.807) is 0 Å². The number of rotatable bonds is 9. The SMILES string of the molecule is C=C/C=C(\C=C)N(c1cccc(-c2ccccc2C)c1C)c1cc2c(c(C=C)c1C=C)-c1ccc(C)cc1C2(C)c1ccccc1. The van der Waals surface area contributed by atoms with Crippen molar-refractivity contribution in [2.75, 3.05) is 4.90 Å². The summed E-state index contributed by atoms with van der Waals surface area (Å²) in [6.07, 6.45) is 9.73. The highest BCUT2D eigenvalue weighted by molar-refractivity contribution is 5.97. The predicted molar refractivity (Wildman–Crippen MR) is 201 cm³/mol. The van der Waals surface area contributed by atoms with Gasteiger partial charge in [-0.1, -0.05) is 135 Å². The lowest BCUT2D eigenvalue weighted by atomic mass is 9.73. The number of allylic oxidation sites excluding steroid dienone is 3. The monoisotopic (exact) mass is 595 g/mol. The molecule has 226 valence electrons. The minimum atomic E-state index is -0.385. The van der Waals surface area contributed by atoms with Crippen molar-refractivity contribution in [3.05, 3.63) is 192 Å². The van der Waals surface area contributed by atoms with Crippen LogP contribution in [0, 0.1) is 20.8 Å². The topological polar surface area (TPSA) is 3.24 Å². The average Bonchev–Trinajstić information content (AvgIpc) is 3.32. The second kappa shape index (κ2) is 12.2. The van der Waals surface area contributed by atoms with Crippen molar-refractivity contribution >= 4 is 23.5 Å². The van der Waals surface area contributed by atoms with Gasteiger partial charge in [-0.15, -0.1) is 0 Å². The Morgan fingerprint density at radius 1 is 0.652 bits per heavy atom. The maximum absolute atomic E-state index is 4.37. The third kappa shape index (κ3) is 4.71. The van der Waals surface area contributed by atoms with Crippen LogP contribution >= 0.6 is 0 Å². The summed E-state index contributed by atoms with van der Waals surface area (Å²) >= 11 is 0. The zero-order valence-electron chi connectivity index (χ0n) is 27.4. The van der Waals surface area contributed by atoms with Crippen molar-refractivity contribution in [2.24, 2.45) is 0 Å². The van der Waals surface area contributed by atoms with E-state index in [4.69, 9.17) is 0 Å². The molecule has 1 atom stereocenters. The van der Waals surface area contributed by atoms with Crippen molar-refractivity contribution in [3.63, 3.8) is 0 Å². The van der Waals surface area contributed by atoms with Gasteiger partial charge in [0.2, 0.25) is 0 Å². The summed E-state index contributed by atoms with van der Waals surface area (Å²) < 4.78 is 0. The van der Waals surface area contributed by atoms with Crippen LogP contribution in [0.25, 0.3) is 34.4 Å². The van der Waals surface area contributed by atoms with Crippen LogP contribution in [0.15, 0.2) is 147 Å². The molecule has 0 aromatic heterocycles. The maximum Gasteiger partial charge on any atom is 0.0543 e. The van der Waals surface area contributed by atoms with Gasteiger partial charge in [0, 0.05) is 22.4 Å².